The summed E-state index contributed by atoms with van der Waals surface area (Å²) in [5.74, 6) is 6.14. The number of aryl methyl sites for hydroxylation is 1. The molecule has 6 heteroatoms. The minimum Gasteiger partial charge on any atom is -0.353 e. The van der Waals surface area contributed by atoms with E-state index < -0.39 is 0 Å². The summed E-state index contributed by atoms with van der Waals surface area (Å²) in [6.07, 6.45) is 0. The van der Waals surface area contributed by atoms with Crippen LogP contribution in [0.1, 0.15) is 24.2 Å². The molecular weight excluding hydrogens is 257 g/mol. The molecule has 0 radical (unpaired) electrons. The van der Waals surface area contributed by atoms with Crippen molar-refractivity contribution in [3.05, 3.63) is 47.4 Å². The van der Waals surface area contributed by atoms with Gasteiger partial charge in [0.1, 0.15) is 11.6 Å². The summed E-state index contributed by atoms with van der Waals surface area (Å²) in [6.45, 7) is 3.78. The summed E-state index contributed by atoms with van der Waals surface area (Å²) in [5.41, 5.74) is 3.84. The molecular formula is C14H18FN5. The summed E-state index contributed by atoms with van der Waals surface area (Å²) in [4.78, 5) is 10.3. The number of hydrazine groups is 1. The second-order valence-corrected chi connectivity index (χ2v) is 4.64. The zero-order valence-corrected chi connectivity index (χ0v) is 11.8. The zero-order chi connectivity index (χ0) is 14.7. The predicted molar refractivity (Wildman–Crippen MR) is 77.8 cm³/mol. The van der Waals surface area contributed by atoms with Crippen molar-refractivity contribution in [2.45, 2.75) is 19.9 Å². The molecule has 0 amide bonds. The van der Waals surface area contributed by atoms with Gasteiger partial charge in [-0.3, -0.25) is 5.43 Å². The number of nitrogens with two attached hydrogens (primary N) is 1. The number of halogens is 1. The van der Waals surface area contributed by atoms with Crippen LogP contribution in [0.2, 0.25) is 0 Å². The van der Waals surface area contributed by atoms with Crippen molar-refractivity contribution in [1.82, 2.24) is 9.97 Å². The molecule has 0 spiro atoms. The number of nitrogens with one attached hydrogen (secondary N) is 1. The van der Waals surface area contributed by atoms with Gasteiger partial charge in [0.2, 0.25) is 5.95 Å². The van der Waals surface area contributed by atoms with Crippen LogP contribution in [0.25, 0.3) is 0 Å². The molecule has 0 aliphatic rings. The third-order valence-electron chi connectivity index (χ3n) is 3.27. The first-order valence-electron chi connectivity index (χ1n) is 6.32. The quantitative estimate of drug-likeness (QED) is 0.662. The highest BCUT2D eigenvalue weighted by molar-refractivity contribution is 5.46. The first-order chi connectivity index (χ1) is 9.52. The number of benzene rings is 1. The molecule has 1 heterocycles. The molecule has 1 aromatic heterocycles. The average Bonchev–Trinajstić information content (AvgIpc) is 2.45. The zero-order valence-electron chi connectivity index (χ0n) is 11.8. The molecule has 0 saturated heterocycles. The number of rotatable bonds is 4. The lowest BCUT2D eigenvalue weighted by Gasteiger charge is -2.27. The summed E-state index contributed by atoms with van der Waals surface area (Å²) >= 11 is 0. The number of aromatic nitrogens is 2. The first-order valence-corrected chi connectivity index (χ1v) is 6.32. The maximum Gasteiger partial charge on any atom is 0.239 e. The van der Waals surface area contributed by atoms with Gasteiger partial charge in [-0.05, 0) is 19.9 Å². The van der Waals surface area contributed by atoms with Crippen LogP contribution in [-0.4, -0.2) is 17.0 Å². The lowest BCUT2D eigenvalue weighted by molar-refractivity contribution is 0.584. The Kier molecular flexibility index (Phi) is 4.14. The van der Waals surface area contributed by atoms with E-state index >= 15 is 0 Å². The third-order valence-corrected chi connectivity index (χ3v) is 3.27. The summed E-state index contributed by atoms with van der Waals surface area (Å²) in [6, 6.07) is 8.40. The fourth-order valence-electron chi connectivity index (χ4n) is 2.02. The monoisotopic (exact) mass is 275 g/mol. The van der Waals surface area contributed by atoms with E-state index in [-0.39, 0.29) is 11.9 Å². The van der Waals surface area contributed by atoms with Crippen LogP contribution in [0.15, 0.2) is 30.3 Å². The molecule has 0 saturated carbocycles. The Bertz CT molecular complexity index is 602. The second-order valence-electron chi connectivity index (χ2n) is 4.64. The second kappa shape index (κ2) is 5.83. The van der Waals surface area contributed by atoms with Crippen molar-refractivity contribution in [1.29, 1.82) is 0 Å². The Morgan fingerprint density at radius 3 is 2.65 bits per heavy atom. The Morgan fingerprint density at radius 2 is 2.00 bits per heavy atom. The van der Waals surface area contributed by atoms with E-state index in [9.17, 15) is 4.39 Å². The van der Waals surface area contributed by atoms with Gasteiger partial charge in [0.05, 0.1) is 6.04 Å². The van der Waals surface area contributed by atoms with Gasteiger partial charge in [-0.1, -0.05) is 18.2 Å². The van der Waals surface area contributed by atoms with E-state index in [1.54, 1.807) is 12.1 Å². The summed E-state index contributed by atoms with van der Waals surface area (Å²) in [7, 11) is 1.86. The molecule has 1 aromatic carbocycles. The van der Waals surface area contributed by atoms with Crippen LogP contribution in [0.4, 0.5) is 16.2 Å². The van der Waals surface area contributed by atoms with Crippen molar-refractivity contribution in [3.63, 3.8) is 0 Å². The highest BCUT2D eigenvalue weighted by atomic mass is 19.1. The number of anilines is 2. The van der Waals surface area contributed by atoms with Crippen molar-refractivity contribution in [3.8, 4) is 0 Å². The predicted octanol–water partition coefficient (Wildman–Crippen LogP) is 2.41. The third kappa shape index (κ3) is 2.85. The molecule has 0 aliphatic heterocycles. The van der Waals surface area contributed by atoms with Gasteiger partial charge in [-0.2, -0.15) is 4.98 Å². The number of hydrogen-bond donors (Lipinski definition) is 2. The fraction of sp³-hybridized carbons (Fsp3) is 0.286. The topological polar surface area (TPSA) is 67.1 Å². The molecule has 106 valence electrons. The van der Waals surface area contributed by atoms with E-state index in [2.05, 4.69) is 15.4 Å². The van der Waals surface area contributed by atoms with Crippen molar-refractivity contribution >= 4 is 11.8 Å². The maximum absolute atomic E-state index is 13.8. The molecule has 0 bridgehead atoms. The molecule has 2 rings (SSSR count). The molecule has 3 N–H and O–H groups in total. The molecule has 0 fully saturated rings. The van der Waals surface area contributed by atoms with Crippen LogP contribution in [0, 0.1) is 12.7 Å². The lowest BCUT2D eigenvalue weighted by atomic mass is 10.1. The van der Waals surface area contributed by atoms with Gasteiger partial charge in [-0.25, -0.2) is 15.2 Å². The van der Waals surface area contributed by atoms with E-state index in [1.807, 2.05) is 37.9 Å². The van der Waals surface area contributed by atoms with Crippen LogP contribution in [0.3, 0.4) is 0 Å². The van der Waals surface area contributed by atoms with Crippen LogP contribution in [-0.2, 0) is 0 Å². The standard InChI is InChI=1S/C14H18FN5/c1-9-8-13(18-14(17-9)19-16)20(3)10(2)11-6-4-5-7-12(11)15/h4-8,10H,16H2,1-3H3,(H,17,18,19). The van der Waals surface area contributed by atoms with Gasteiger partial charge in [-0.15, -0.1) is 0 Å². The van der Waals surface area contributed by atoms with Crippen LogP contribution < -0.4 is 16.2 Å². The minimum absolute atomic E-state index is 0.156. The van der Waals surface area contributed by atoms with Crippen LogP contribution >= 0.6 is 0 Å². The number of hydrogen-bond acceptors (Lipinski definition) is 5. The molecule has 1 unspecified atom stereocenters. The first kappa shape index (κ1) is 14.2. The normalized spacial score (nSPS) is 12.1. The number of nitrogens with zero attached hydrogens (tertiary/aromatic N) is 3. The van der Waals surface area contributed by atoms with E-state index in [1.165, 1.54) is 6.07 Å². The van der Waals surface area contributed by atoms with Gasteiger partial charge in [0.15, 0.2) is 0 Å². The van der Waals surface area contributed by atoms with Crippen molar-refractivity contribution < 1.29 is 4.39 Å². The van der Waals surface area contributed by atoms with Gasteiger partial charge >= 0.3 is 0 Å². The van der Waals surface area contributed by atoms with Crippen molar-refractivity contribution in [2.75, 3.05) is 17.4 Å². The van der Waals surface area contributed by atoms with Gasteiger partial charge in [0.25, 0.3) is 0 Å². The molecule has 5 nitrogen and oxygen atoms in total. The van der Waals surface area contributed by atoms with E-state index in [0.717, 1.165) is 5.69 Å². The van der Waals surface area contributed by atoms with Crippen LogP contribution in [0.5, 0.6) is 0 Å². The highest BCUT2D eigenvalue weighted by Gasteiger charge is 2.17. The number of nitrogen functional groups attached to an aromatic ring is 1. The van der Waals surface area contributed by atoms with Gasteiger partial charge in [0, 0.05) is 24.4 Å². The molecule has 20 heavy (non-hydrogen) atoms. The minimum atomic E-state index is -0.227. The molecule has 2 aromatic rings. The fourth-order valence-corrected chi connectivity index (χ4v) is 2.02. The largest absolute Gasteiger partial charge is 0.353 e. The van der Waals surface area contributed by atoms with E-state index in [0.29, 0.717) is 17.3 Å². The molecule has 0 aliphatic carbocycles. The Balaban J connectivity index is 2.33. The Labute approximate surface area is 117 Å². The molecule has 1 atom stereocenters. The van der Waals surface area contributed by atoms with Gasteiger partial charge < -0.3 is 4.90 Å². The summed E-state index contributed by atoms with van der Waals surface area (Å²) < 4.78 is 13.8. The van der Waals surface area contributed by atoms with Crippen molar-refractivity contribution in [2.24, 2.45) is 5.84 Å². The summed E-state index contributed by atoms with van der Waals surface area (Å²) in [5, 5.41) is 0. The average molecular weight is 275 g/mol. The lowest BCUT2D eigenvalue weighted by Crippen LogP contribution is -2.24. The Morgan fingerprint density at radius 1 is 1.30 bits per heavy atom. The Hall–Kier alpha value is -2.21. The smallest absolute Gasteiger partial charge is 0.239 e. The highest BCUT2D eigenvalue weighted by Crippen LogP contribution is 2.26. The maximum atomic E-state index is 13.8. The SMILES string of the molecule is Cc1cc(N(C)C(C)c2ccccc2F)nc(NN)n1. The van der Waals surface area contributed by atoms with E-state index in [4.69, 9.17) is 5.84 Å².